The highest BCUT2D eigenvalue weighted by Gasteiger charge is 2.56. The molecule has 1 aromatic rings. The molecule has 0 unspecified atom stereocenters. The molecule has 9 nitrogen and oxygen atoms in total. The molecule has 0 aromatic heterocycles. The number of benzene rings is 1. The third-order valence-corrected chi connectivity index (χ3v) is 4.64. The fourth-order valence-corrected chi connectivity index (χ4v) is 2.94. The molecule has 4 amide bonds. The molecule has 0 radical (unpaired) electrons. The van der Waals surface area contributed by atoms with Crippen molar-refractivity contribution in [1.29, 1.82) is 5.26 Å². The molecule has 1 aliphatic carbocycles. The number of carbonyl (C=O) groups is 4. The van der Waals surface area contributed by atoms with E-state index in [9.17, 15) is 19.2 Å². The minimum Gasteiger partial charge on any atom is -0.454 e. The summed E-state index contributed by atoms with van der Waals surface area (Å²) in [6, 6.07) is 7.49. The smallest absolute Gasteiger partial charge is 0.326 e. The summed E-state index contributed by atoms with van der Waals surface area (Å²) in [5.41, 5.74) is -0.0693. The molecule has 1 saturated heterocycles. The summed E-state index contributed by atoms with van der Waals surface area (Å²) in [5.74, 6) is -1.79. The van der Waals surface area contributed by atoms with Crippen LogP contribution in [0.2, 0.25) is 0 Å². The molecule has 1 atom stereocenters. The summed E-state index contributed by atoms with van der Waals surface area (Å²) in [6.45, 7) is 0.556. The zero-order valence-corrected chi connectivity index (χ0v) is 14.7. The van der Waals surface area contributed by atoms with Gasteiger partial charge in [-0.05, 0) is 49.9 Å². The van der Waals surface area contributed by atoms with E-state index >= 15 is 0 Å². The molecule has 27 heavy (non-hydrogen) atoms. The van der Waals surface area contributed by atoms with Crippen LogP contribution in [-0.4, -0.2) is 47.4 Å². The summed E-state index contributed by atoms with van der Waals surface area (Å²) in [7, 11) is 0. The van der Waals surface area contributed by atoms with Gasteiger partial charge in [0, 0.05) is 5.69 Å². The van der Waals surface area contributed by atoms with Crippen molar-refractivity contribution in [2.45, 2.75) is 25.3 Å². The first-order valence-corrected chi connectivity index (χ1v) is 8.43. The van der Waals surface area contributed by atoms with Crippen LogP contribution in [0.1, 0.15) is 25.3 Å². The Hall–Kier alpha value is -3.41. The number of nitriles is 1. The van der Waals surface area contributed by atoms with Gasteiger partial charge in [0.05, 0.1) is 11.6 Å². The second-order valence-electron chi connectivity index (χ2n) is 6.70. The number of esters is 1. The van der Waals surface area contributed by atoms with E-state index in [1.54, 1.807) is 19.1 Å². The normalized spacial score (nSPS) is 21.4. The number of hydrogen-bond donors (Lipinski definition) is 2. The number of hydrogen-bond acceptors (Lipinski definition) is 6. The molecule has 140 valence electrons. The zero-order valence-electron chi connectivity index (χ0n) is 14.7. The first-order valence-electron chi connectivity index (χ1n) is 8.43. The maximum absolute atomic E-state index is 12.4. The molecule has 9 heteroatoms. The Morgan fingerprint density at radius 2 is 2.00 bits per heavy atom. The number of anilines is 1. The van der Waals surface area contributed by atoms with Crippen molar-refractivity contribution < 1.29 is 23.9 Å². The number of carbonyl (C=O) groups excluding carboxylic acids is 4. The van der Waals surface area contributed by atoms with E-state index in [1.165, 1.54) is 12.1 Å². The minimum absolute atomic E-state index is 0.0909. The van der Waals surface area contributed by atoms with Crippen LogP contribution in [0.4, 0.5) is 10.5 Å². The standard InChI is InChI=1S/C18H18N4O5/c1-18(12-4-5-12)16(25)22(17(26)21-18)9-15(24)27-10-14(23)20-13-6-2-11(8-19)3-7-13/h2-3,6-7,12H,4-5,9-10H2,1H3,(H,20,23)(H,21,26)/t18-/m1/s1. The maximum atomic E-state index is 12.4. The predicted octanol–water partition coefficient (Wildman–Crippen LogP) is 0.760. The van der Waals surface area contributed by atoms with Gasteiger partial charge in [-0.1, -0.05) is 0 Å². The van der Waals surface area contributed by atoms with Gasteiger partial charge in [-0.15, -0.1) is 0 Å². The Kier molecular flexibility index (Phi) is 4.81. The summed E-state index contributed by atoms with van der Waals surface area (Å²) >= 11 is 0. The molecule has 3 rings (SSSR count). The van der Waals surface area contributed by atoms with Crippen molar-refractivity contribution >= 4 is 29.5 Å². The van der Waals surface area contributed by atoms with Crippen molar-refractivity contribution in [2.24, 2.45) is 5.92 Å². The van der Waals surface area contributed by atoms with Crippen LogP contribution in [0.25, 0.3) is 0 Å². The molecule has 2 fully saturated rings. The molecule has 1 saturated carbocycles. The van der Waals surface area contributed by atoms with E-state index in [0.717, 1.165) is 17.7 Å². The van der Waals surface area contributed by atoms with Crippen molar-refractivity contribution in [2.75, 3.05) is 18.5 Å². The van der Waals surface area contributed by atoms with E-state index in [2.05, 4.69) is 10.6 Å². The number of ether oxygens (including phenoxy) is 1. The second-order valence-corrected chi connectivity index (χ2v) is 6.70. The predicted molar refractivity (Wildman–Crippen MR) is 92.1 cm³/mol. The molecule has 2 aliphatic rings. The summed E-state index contributed by atoms with van der Waals surface area (Å²) in [5, 5.41) is 13.9. The average Bonchev–Trinajstić information content (AvgIpc) is 3.47. The number of imide groups is 1. The first-order chi connectivity index (χ1) is 12.8. The monoisotopic (exact) mass is 370 g/mol. The van der Waals surface area contributed by atoms with E-state index in [1.807, 2.05) is 6.07 Å². The minimum atomic E-state index is -0.968. The molecule has 1 aliphatic heterocycles. The van der Waals surface area contributed by atoms with Crippen molar-refractivity contribution in [1.82, 2.24) is 10.2 Å². The van der Waals surface area contributed by atoms with Crippen molar-refractivity contribution in [3.05, 3.63) is 29.8 Å². The molecule has 0 bridgehead atoms. The molecule has 1 aromatic carbocycles. The number of amides is 4. The van der Waals surface area contributed by atoms with Gasteiger partial charge in [-0.25, -0.2) is 4.79 Å². The lowest BCUT2D eigenvalue weighted by atomic mass is 9.96. The number of urea groups is 1. The molecule has 2 N–H and O–H groups in total. The van der Waals surface area contributed by atoms with Gasteiger partial charge in [0.1, 0.15) is 12.1 Å². The fraction of sp³-hybridized carbons (Fsp3) is 0.389. The Labute approximate surface area is 155 Å². The molecule has 1 heterocycles. The van der Waals surface area contributed by atoms with E-state index in [0.29, 0.717) is 11.3 Å². The lowest BCUT2D eigenvalue weighted by Crippen LogP contribution is -2.46. The highest BCUT2D eigenvalue weighted by molar-refractivity contribution is 6.09. The third kappa shape index (κ3) is 3.89. The van der Waals surface area contributed by atoms with Crippen LogP contribution >= 0.6 is 0 Å². The van der Waals surface area contributed by atoms with E-state index in [4.69, 9.17) is 10.00 Å². The van der Waals surface area contributed by atoms with Crippen LogP contribution in [0.5, 0.6) is 0 Å². The average molecular weight is 370 g/mol. The zero-order chi connectivity index (χ0) is 19.6. The fourth-order valence-electron chi connectivity index (χ4n) is 2.94. The van der Waals surface area contributed by atoms with Crippen molar-refractivity contribution in [3.8, 4) is 6.07 Å². The quantitative estimate of drug-likeness (QED) is 0.562. The maximum Gasteiger partial charge on any atom is 0.326 e. The Balaban J connectivity index is 1.48. The Morgan fingerprint density at radius 1 is 1.33 bits per heavy atom. The number of nitrogens with zero attached hydrogens (tertiary/aromatic N) is 2. The summed E-state index contributed by atoms with van der Waals surface area (Å²) < 4.78 is 4.85. The van der Waals surface area contributed by atoms with Crippen LogP contribution in [0, 0.1) is 17.2 Å². The highest BCUT2D eigenvalue weighted by Crippen LogP contribution is 2.42. The van der Waals surface area contributed by atoms with Crippen LogP contribution < -0.4 is 10.6 Å². The van der Waals surface area contributed by atoms with Crippen LogP contribution in [0.15, 0.2) is 24.3 Å². The SMILES string of the molecule is C[C@]1(C2CC2)NC(=O)N(CC(=O)OCC(=O)Nc2ccc(C#N)cc2)C1=O. The van der Waals surface area contributed by atoms with Gasteiger partial charge in [0.25, 0.3) is 11.8 Å². The third-order valence-electron chi connectivity index (χ3n) is 4.64. The number of rotatable bonds is 6. The molecular formula is C18H18N4O5. The topological polar surface area (TPSA) is 129 Å². The van der Waals surface area contributed by atoms with Gasteiger partial charge in [0.2, 0.25) is 0 Å². The molecular weight excluding hydrogens is 352 g/mol. The summed E-state index contributed by atoms with van der Waals surface area (Å²) in [4.78, 5) is 49.0. The molecule has 0 spiro atoms. The lowest BCUT2D eigenvalue weighted by Gasteiger charge is -2.20. The van der Waals surface area contributed by atoms with Gasteiger partial charge in [-0.3, -0.25) is 19.3 Å². The number of nitrogens with one attached hydrogen (secondary N) is 2. The van der Waals surface area contributed by atoms with Gasteiger partial charge in [0.15, 0.2) is 6.61 Å². The summed E-state index contributed by atoms with van der Waals surface area (Å²) in [6.07, 6.45) is 1.71. The van der Waals surface area contributed by atoms with Gasteiger partial charge >= 0.3 is 12.0 Å². The van der Waals surface area contributed by atoms with Crippen LogP contribution in [-0.2, 0) is 19.1 Å². The Bertz CT molecular complexity index is 840. The van der Waals surface area contributed by atoms with Crippen molar-refractivity contribution in [3.63, 3.8) is 0 Å². The van der Waals surface area contributed by atoms with Gasteiger partial charge < -0.3 is 15.4 Å². The largest absolute Gasteiger partial charge is 0.454 e. The lowest BCUT2D eigenvalue weighted by molar-refractivity contribution is -0.150. The van der Waals surface area contributed by atoms with Crippen LogP contribution in [0.3, 0.4) is 0 Å². The Morgan fingerprint density at radius 3 is 2.59 bits per heavy atom. The van der Waals surface area contributed by atoms with E-state index < -0.39 is 42.5 Å². The highest BCUT2D eigenvalue weighted by atomic mass is 16.5. The first kappa shape index (κ1) is 18.4. The second kappa shape index (κ2) is 7.07. The van der Waals surface area contributed by atoms with Gasteiger partial charge in [-0.2, -0.15) is 5.26 Å². The van der Waals surface area contributed by atoms with E-state index in [-0.39, 0.29) is 5.92 Å².